The molecule has 1 heterocycles. The van der Waals surface area contributed by atoms with Crippen molar-refractivity contribution in [3.63, 3.8) is 0 Å². The third-order valence-electron chi connectivity index (χ3n) is 2.86. The van der Waals surface area contributed by atoms with E-state index in [0.717, 1.165) is 4.90 Å². The van der Waals surface area contributed by atoms with E-state index in [4.69, 9.17) is 0 Å². The molecule has 1 aliphatic rings. The highest BCUT2D eigenvalue weighted by molar-refractivity contribution is 8.01. The number of nitro benzene ring substituents is 1. The molecular formula is C13H14N2O4S. The van der Waals surface area contributed by atoms with Crippen LogP contribution in [0.5, 0.6) is 0 Å². The van der Waals surface area contributed by atoms with Gasteiger partial charge in [0.05, 0.1) is 15.9 Å². The first-order valence-corrected chi connectivity index (χ1v) is 7.11. The van der Waals surface area contributed by atoms with Gasteiger partial charge in [-0.05, 0) is 17.4 Å². The SMILES string of the molecule is CC(C)SC1CC(=O)N(c2ccc([N+](=O)[O-])cc2)C1=O. The predicted molar refractivity (Wildman–Crippen MR) is 76.7 cm³/mol. The lowest BCUT2D eigenvalue weighted by Gasteiger charge is -2.15. The van der Waals surface area contributed by atoms with Gasteiger partial charge in [0.25, 0.3) is 5.69 Å². The van der Waals surface area contributed by atoms with E-state index >= 15 is 0 Å². The number of imide groups is 1. The number of non-ortho nitro benzene ring substituents is 1. The Morgan fingerprint density at radius 2 is 1.90 bits per heavy atom. The number of hydrogen-bond donors (Lipinski definition) is 0. The number of nitrogens with zero attached hydrogens (tertiary/aromatic N) is 2. The summed E-state index contributed by atoms with van der Waals surface area (Å²) in [6, 6.07) is 5.43. The summed E-state index contributed by atoms with van der Waals surface area (Å²) in [7, 11) is 0. The molecule has 0 aliphatic carbocycles. The van der Waals surface area contributed by atoms with Gasteiger partial charge in [-0.2, -0.15) is 0 Å². The topological polar surface area (TPSA) is 80.5 Å². The molecule has 1 saturated heterocycles. The molecule has 0 saturated carbocycles. The van der Waals surface area contributed by atoms with Crippen LogP contribution in [0, 0.1) is 10.1 Å². The van der Waals surface area contributed by atoms with E-state index in [0.29, 0.717) is 5.69 Å². The van der Waals surface area contributed by atoms with E-state index in [1.54, 1.807) is 0 Å². The Morgan fingerprint density at radius 3 is 2.40 bits per heavy atom. The summed E-state index contributed by atoms with van der Waals surface area (Å²) in [5.74, 6) is -0.510. The van der Waals surface area contributed by atoms with Gasteiger partial charge in [-0.1, -0.05) is 13.8 Å². The number of benzene rings is 1. The van der Waals surface area contributed by atoms with Gasteiger partial charge in [-0.25, -0.2) is 4.90 Å². The van der Waals surface area contributed by atoms with Crippen LogP contribution in [-0.4, -0.2) is 27.2 Å². The smallest absolute Gasteiger partial charge is 0.269 e. The Hall–Kier alpha value is -1.89. The minimum atomic E-state index is -0.519. The maximum Gasteiger partial charge on any atom is 0.269 e. The molecule has 1 fully saturated rings. The normalized spacial score (nSPS) is 18.9. The summed E-state index contributed by atoms with van der Waals surface area (Å²) >= 11 is 1.46. The fraction of sp³-hybridized carbons (Fsp3) is 0.385. The first kappa shape index (κ1) is 14.5. The van der Waals surface area contributed by atoms with Crippen LogP contribution >= 0.6 is 11.8 Å². The number of rotatable bonds is 4. The lowest BCUT2D eigenvalue weighted by Crippen LogP contribution is -2.31. The molecule has 6 nitrogen and oxygen atoms in total. The van der Waals surface area contributed by atoms with E-state index in [2.05, 4.69) is 0 Å². The van der Waals surface area contributed by atoms with E-state index in [1.807, 2.05) is 13.8 Å². The molecular weight excluding hydrogens is 280 g/mol. The van der Waals surface area contributed by atoms with Gasteiger partial charge in [0, 0.05) is 18.6 Å². The fourth-order valence-corrected chi connectivity index (χ4v) is 3.15. The number of hydrogen-bond acceptors (Lipinski definition) is 5. The summed E-state index contributed by atoms with van der Waals surface area (Å²) in [4.78, 5) is 35.4. The van der Waals surface area contributed by atoms with Gasteiger partial charge >= 0.3 is 0 Å². The van der Waals surface area contributed by atoms with E-state index in [-0.39, 0.29) is 34.4 Å². The van der Waals surface area contributed by atoms with Gasteiger partial charge in [0.2, 0.25) is 11.8 Å². The van der Waals surface area contributed by atoms with Gasteiger partial charge in [-0.15, -0.1) is 11.8 Å². The first-order valence-electron chi connectivity index (χ1n) is 6.17. The minimum absolute atomic E-state index is 0.0686. The van der Waals surface area contributed by atoms with Crippen molar-refractivity contribution in [1.29, 1.82) is 0 Å². The van der Waals surface area contributed by atoms with Crippen molar-refractivity contribution in [2.75, 3.05) is 4.90 Å². The molecule has 0 radical (unpaired) electrons. The number of carbonyl (C=O) groups is 2. The lowest BCUT2D eigenvalue weighted by molar-refractivity contribution is -0.384. The molecule has 20 heavy (non-hydrogen) atoms. The Labute approximate surface area is 120 Å². The molecule has 0 spiro atoms. The molecule has 1 aromatic rings. The summed E-state index contributed by atoms with van der Waals surface area (Å²) in [6.45, 7) is 3.94. The fourth-order valence-electron chi connectivity index (χ4n) is 2.03. The van der Waals surface area contributed by atoms with E-state index in [1.165, 1.54) is 36.0 Å². The highest BCUT2D eigenvalue weighted by Crippen LogP contribution is 2.32. The van der Waals surface area contributed by atoms with Crippen LogP contribution < -0.4 is 4.90 Å². The number of amides is 2. The van der Waals surface area contributed by atoms with Crippen molar-refractivity contribution in [1.82, 2.24) is 0 Å². The number of nitro groups is 1. The number of carbonyl (C=O) groups excluding carboxylic acids is 2. The Bertz CT molecular complexity index is 556. The summed E-state index contributed by atoms with van der Waals surface area (Å²) in [6.07, 6.45) is 0.179. The van der Waals surface area contributed by atoms with Gasteiger partial charge < -0.3 is 0 Å². The molecule has 0 aromatic heterocycles. The highest BCUT2D eigenvalue weighted by Gasteiger charge is 2.40. The highest BCUT2D eigenvalue weighted by atomic mass is 32.2. The number of thioether (sulfide) groups is 1. The van der Waals surface area contributed by atoms with Crippen molar-refractivity contribution < 1.29 is 14.5 Å². The van der Waals surface area contributed by atoms with Crippen LogP contribution in [0.3, 0.4) is 0 Å². The second-order valence-electron chi connectivity index (χ2n) is 4.72. The molecule has 0 N–H and O–H groups in total. The molecule has 106 valence electrons. The second-order valence-corrected chi connectivity index (χ2v) is 6.50. The molecule has 1 unspecified atom stereocenters. The summed E-state index contributed by atoms with van der Waals surface area (Å²) in [5, 5.41) is 10.5. The largest absolute Gasteiger partial charge is 0.274 e. The van der Waals surface area contributed by atoms with Crippen molar-refractivity contribution in [2.24, 2.45) is 0 Å². The maximum absolute atomic E-state index is 12.2. The summed E-state index contributed by atoms with van der Waals surface area (Å²) in [5.41, 5.74) is 0.318. The third-order valence-corrected chi connectivity index (χ3v) is 4.10. The first-order chi connectivity index (χ1) is 9.40. The molecule has 7 heteroatoms. The van der Waals surface area contributed by atoms with Gasteiger partial charge in [0.1, 0.15) is 0 Å². The Balaban J connectivity index is 2.22. The molecule has 1 atom stereocenters. The van der Waals surface area contributed by atoms with E-state index < -0.39 is 4.92 Å². The number of anilines is 1. The Morgan fingerprint density at radius 1 is 1.30 bits per heavy atom. The monoisotopic (exact) mass is 294 g/mol. The van der Waals surface area contributed by atoms with Crippen LogP contribution in [0.15, 0.2) is 24.3 Å². The van der Waals surface area contributed by atoms with Crippen LogP contribution in [0.2, 0.25) is 0 Å². The third kappa shape index (κ3) is 2.82. The summed E-state index contributed by atoms with van der Waals surface area (Å²) < 4.78 is 0. The van der Waals surface area contributed by atoms with Crippen LogP contribution in [0.25, 0.3) is 0 Å². The molecule has 0 bridgehead atoms. The predicted octanol–water partition coefficient (Wildman–Crippen LogP) is 2.37. The zero-order valence-electron chi connectivity index (χ0n) is 11.1. The average molecular weight is 294 g/mol. The Kier molecular flexibility index (Phi) is 4.08. The van der Waals surface area contributed by atoms with Crippen molar-refractivity contribution in [3.05, 3.63) is 34.4 Å². The quantitative estimate of drug-likeness (QED) is 0.484. The van der Waals surface area contributed by atoms with Crippen molar-refractivity contribution >= 4 is 35.0 Å². The van der Waals surface area contributed by atoms with Crippen molar-refractivity contribution in [2.45, 2.75) is 30.8 Å². The standard InChI is InChI=1S/C13H14N2O4S/c1-8(2)20-11-7-12(16)14(13(11)17)9-3-5-10(6-4-9)15(18)19/h3-6,8,11H,7H2,1-2H3. The average Bonchev–Trinajstić information content (AvgIpc) is 2.64. The van der Waals surface area contributed by atoms with Crippen LogP contribution in [-0.2, 0) is 9.59 Å². The van der Waals surface area contributed by atoms with Gasteiger partial charge in [0.15, 0.2) is 0 Å². The molecule has 2 rings (SSSR count). The zero-order valence-corrected chi connectivity index (χ0v) is 11.9. The van der Waals surface area contributed by atoms with Crippen LogP contribution in [0.1, 0.15) is 20.3 Å². The maximum atomic E-state index is 12.2. The van der Waals surface area contributed by atoms with Gasteiger partial charge in [-0.3, -0.25) is 19.7 Å². The molecule has 1 aromatic carbocycles. The second kappa shape index (κ2) is 5.62. The van der Waals surface area contributed by atoms with Crippen LogP contribution in [0.4, 0.5) is 11.4 Å². The molecule has 2 amide bonds. The minimum Gasteiger partial charge on any atom is -0.274 e. The zero-order chi connectivity index (χ0) is 14.9. The molecule has 1 aliphatic heterocycles. The lowest BCUT2D eigenvalue weighted by atomic mass is 10.2. The van der Waals surface area contributed by atoms with E-state index in [9.17, 15) is 19.7 Å². The van der Waals surface area contributed by atoms with Crippen molar-refractivity contribution in [3.8, 4) is 0 Å².